The molecule has 162 valence electrons. The molecule has 0 N–H and O–H groups in total. The van der Waals surface area contributed by atoms with Crippen LogP contribution in [-0.2, 0) is 22.5 Å². The lowest BCUT2D eigenvalue weighted by Crippen LogP contribution is -2.23. The lowest BCUT2D eigenvalue weighted by Gasteiger charge is -2.06. The van der Waals surface area contributed by atoms with Gasteiger partial charge in [0.05, 0.1) is 21.8 Å². The predicted octanol–water partition coefficient (Wildman–Crippen LogP) is 5.25. The zero-order chi connectivity index (χ0) is 22.5. The van der Waals surface area contributed by atoms with Crippen LogP contribution in [0.3, 0.4) is 0 Å². The fourth-order valence-electron chi connectivity index (χ4n) is 3.40. The van der Waals surface area contributed by atoms with Crippen molar-refractivity contribution in [1.29, 1.82) is 0 Å². The molecule has 0 fully saturated rings. The number of esters is 1. The summed E-state index contributed by atoms with van der Waals surface area (Å²) in [5.41, 5.74) is 3.46. The van der Waals surface area contributed by atoms with E-state index in [0.717, 1.165) is 16.7 Å². The molecule has 0 aliphatic rings. The standard InChI is InChI=1S/C25H21ClN2O3S/c1-2-31-22(29)16-28-23-20(26)9-6-10-21(23)32-25(28)27-24(30)19-13-11-18(12-14-19)15-17-7-4-3-5-8-17/h3-14H,2,15-16H2,1H3. The molecule has 0 aliphatic carbocycles. The largest absolute Gasteiger partial charge is 0.465 e. The van der Waals surface area contributed by atoms with Crippen LogP contribution >= 0.6 is 22.9 Å². The highest BCUT2D eigenvalue weighted by atomic mass is 35.5. The summed E-state index contributed by atoms with van der Waals surface area (Å²) in [5, 5.41) is 0.488. The van der Waals surface area contributed by atoms with Crippen LogP contribution in [0.1, 0.15) is 28.4 Å². The Balaban J connectivity index is 1.65. The van der Waals surface area contributed by atoms with E-state index < -0.39 is 5.97 Å². The summed E-state index contributed by atoms with van der Waals surface area (Å²) in [6.07, 6.45) is 0.792. The van der Waals surface area contributed by atoms with E-state index in [1.54, 1.807) is 29.7 Å². The normalized spacial score (nSPS) is 11.6. The monoisotopic (exact) mass is 464 g/mol. The molecule has 0 saturated heterocycles. The average Bonchev–Trinajstić information content (AvgIpc) is 3.13. The second-order valence-electron chi connectivity index (χ2n) is 7.14. The average molecular weight is 465 g/mol. The molecule has 32 heavy (non-hydrogen) atoms. The van der Waals surface area contributed by atoms with Gasteiger partial charge in [-0.15, -0.1) is 0 Å². The van der Waals surface area contributed by atoms with Crippen molar-refractivity contribution in [2.45, 2.75) is 19.9 Å². The summed E-state index contributed by atoms with van der Waals surface area (Å²) in [6.45, 7) is 1.95. The minimum atomic E-state index is -0.411. The lowest BCUT2D eigenvalue weighted by molar-refractivity contribution is -0.143. The number of benzene rings is 3. The van der Waals surface area contributed by atoms with Gasteiger partial charge in [-0.3, -0.25) is 9.59 Å². The highest BCUT2D eigenvalue weighted by Crippen LogP contribution is 2.25. The van der Waals surface area contributed by atoms with E-state index >= 15 is 0 Å². The predicted molar refractivity (Wildman–Crippen MR) is 127 cm³/mol. The van der Waals surface area contributed by atoms with Gasteiger partial charge < -0.3 is 9.30 Å². The maximum Gasteiger partial charge on any atom is 0.326 e. The first-order valence-electron chi connectivity index (χ1n) is 10.2. The second kappa shape index (κ2) is 9.94. The number of ether oxygens (including phenoxy) is 1. The molecule has 1 heterocycles. The van der Waals surface area contributed by atoms with Crippen molar-refractivity contribution in [3.8, 4) is 0 Å². The van der Waals surface area contributed by atoms with Crippen LogP contribution in [0, 0.1) is 0 Å². The summed E-state index contributed by atoms with van der Waals surface area (Å²) in [5.74, 6) is -0.789. The number of hydrogen-bond acceptors (Lipinski definition) is 4. The second-order valence-corrected chi connectivity index (χ2v) is 8.55. The number of amides is 1. The van der Waals surface area contributed by atoms with Crippen LogP contribution in [0.15, 0.2) is 77.8 Å². The first-order valence-corrected chi connectivity index (χ1v) is 11.4. The van der Waals surface area contributed by atoms with Crippen molar-refractivity contribution in [3.63, 3.8) is 0 Å². The van der Waals surface area contributed by atoms with E-state index in [-0.39, 0.29) is 19.1 Å². The fraction of sp³-hybridized carbons (Fsp3) is 0.160. The third-order valence-corrected chi connectivity index (χ3v) is 6.24. The van der Waals surface area contributed by atoms with Crippen LogP contribution < -0.4 is 4.80 Å². The van der Waals surface area contributed by atoms with Crippen LogP contribution in [0.5, 0.6) is 0 Å². The van der Waals surface area contributed by atoms with Crippen molar-refractivity contribution < 1.29 is 14.3 Å². The molecule has 1 amide bonds. The molecule has 0 aliphatic heterocycles. The Morgan fingerprint density at radius 1 is 0.969 bits per heavy atom. The van der Waals surface area contributed by atoms with Gasteiger partial charge in [0, 0.05) is 5.56 Å². The van der Waals surface area contributed by atoms with E-state index in [1.807, 2.05) is 42.5 Å². The van der Waals surface area contributed by atoms with Gasteiger partial charge in [-0.25, -0.2) is 0 Å². The number of nitrogens with zero attached hydrogens (tertiary/aromatic N) is 2. The molecule has 4 aromatic rings. The summed E-state index contributed by atoms with van der Waals surface area (Å²) >= 11 is 7.69. The molecule has 5 nitrogen and oxygen atoms in total. The quantitative estimate of drug-likeness (QED) is 0.366. The van der Waals surface area contributed by atoms with E-state index in [1.165, 1.54) is 16.9 Å². The number of thiazole rings is 1. The molecule has 3 aromatic carbocycles. The zero-order valence-corrected chi connectivity index (χ0v) is 19.0. The van der Waals surface area contributed by atoms with Crippen molar-refractivity contribution in [2.24, 2.45) is 4.99 Å². The maximum atomic E-state index is 12.9. The highest BCUT2D eigenvalue weighted by molar-refractivity contribution is 7.16. The van der Waals surface area contributed by atoms with E-state index in [0.29, 0.717) is 20.9 Å². The van der Waals surface area contributed by atoms with Gasteiger partial charge >= 0.3 is 5.97 Å². The van der Waals surface area contributed by atoms with Crippen molar-refractivity contribution in [1.82, 2.24) is 4.57 Å². The third-order valence-electron chi connectivity index (χ3n) is 4.89. The molecule has 1 aromatic heterocycles. The topological polar surface area (TPSA) is 60.7 Å². The van der Waals surface area contributed by atoms with Gasteiger partial charge in [0.1, 0.15) is 6.54 Å². The molecular formula is C25H21ClN2O3S. The number of aromatic nitrogens is 1. The number of fused-ring (bicyclic) bond motifs is 1. The Hall–Kier alpha value is -3.22. The molecule has 0 spiro atoms. The molecule has 0 bridgehead atoms. The summed E-state index contributed by atoms with van der Waals surface area (Å²) in [4.78, 5) is 29.8. The SMILES string of the molecule is CCOC(=O)Cn1c(=NC(=O)c2ccc(Cc3ccccc3)cc2)sc2cccc(Cl)c21. The molecule has 7 heteroatoms. The molecular weight excluding hydrogens is 444 g/mol. The van der Waals surface area contributed by atoms with Gasteiger partial charge in [-0.1, -0.05) is 71.5 Å². The zero-order valence-electron chi connectivity index (χ0n) is 17.5. The number of halogens is 1. The summed E-state index contributed by atoms with van der Waals surface area (Å²) in [6, 6.07) is 23.0. The lowest BCUT2D eigenvalue weighted by atomic mass is 10.0. The smallest absolute Gasteiger partial charge is 0.326 e. The third kappa shape index (κ3) is 4.98. The summed E-state index contributed by atoms with van der Waals surface area (Å²) in [7, 11) is 0. The number of hydrogen-bond donors (Lipinski definition) is 0. The van der Waals surface area contributed by atoms with Gasteiger partial charge in [-0.2, -0.15) is 4.99 Å². The van der Waals surface area contributed by atoms with Crippen LogP contribution in [0.25, 0.3) is 10.2 Å². The van der Waals surface area contributed by atoms with E-state index in [9.17, 15) is 9.59 Å². The fourth-order valence-corrected chi connectivity index (χ4v) is 4.79. The van der Waals surface area contributed by atoms with Crippen LogP contribution in [-0.4, -0.2) is 23.1 Å². The molecule has 0 unspecified atom stereocenters. The van der Waals surface area contributed by atoms with Gasteiger partial charge in [-0.05, 0) is 48.7 Å². The van der Waals surface area contributed by atoms with Crippen LogP contribution in [0.4, 0.5) is 0 Å². The molecule has 0 saturated carbocycles. The number of para-hydroxylation sites is 1. The van der Waals surface area contributed by atoms with Gasteiger partial charge in [0.2, 0.25) is 0 Å². The Morgan fingerprint density at radius 2 is 1.69 bits per heavy atom. The summed E-state index contributed by atoms with van der Waals surface area (Å²) < 4.78 is 7.57. The first-order chi connectivity index (χ1) is 15.5. The Bertz CT molecular complexity index is 1330. The van der Waals surface area contributed by atoms with Crippen molar-refractivity contribution in [3.05, 3.63) is 99.3 Å². The first kappa shape index (κ1) is 22.0. The molecule has 0 radical (unpaired) electrons. The van der Waals surface area contributed by atoms with Gasteiger partial charge in [0.25, 0.3) is 5.91 Å². The van der Waals surface area contributed by atoms with Crippen molar-refractivity contribution >= 4 is 45.0 Å². The number of carbonyl (C=O) groups excluding carboxylic acids is 2. The maximum absolute atomic E-state index is 12.9. The van der Waals surface area contributed by atoms with Gasteiger partial charge in [0.15, 0.2) is 4.80 Å². The Labute approximate surface area is 194 Å². The van der Waals surface area contributed by atoms with E-state index in [2.05, 4.69) is 17.1 Å². The highest BCUT2D eigenvalue weighted by Gasteiger charge is 2.15. The minimum Gasteiger partial charge on any atom is -0.465 e. The Morgan fingerprint density at radius 3 is 2.41 bits per heavy atom. The van der Waals surface area contributed by atoms with Crippen LogP contribution in [0.2, 0.25) is 5.02 Å². The van der Waals surface area contributed by atoms with Crippen molar-refractivity contribution in [2.75, 3.05) is 6.61 Å². The number of rotatable bonds is 6. The number of carbonyl (C=O) groups is 2. The minimum absolute atomic E-state index is 0.0697. The Kier molecular flexibility index (Phi) is 6.83. The van der Waals surface area contributed by atoms with E-state index in [4.69, 9.17) is 16.3 Å². The molecule has 0 atom stereocenters. The molecule has 4 rings (SSSR count).